The molecule has 1 saturated heterocycles. The van der Waals surface area contributed by atoms with E-state index >= 15 is 0 Å². The maximum absolute atomic E-state index is 14.2. The van der Waals surface area contributed by atoms with Crippen molar-refractivity contribution in [2.24, 2.45) is 5.92 Å². The smallest absolute Gasteiger partial charge is 0.328 e. The van der Waals surface area contributed by atoms with Gasteiger partial charge in [-0.2, -0.15) is 0 Å². The minimum atomic E-state index is -0.609. The van der Waals surface area contributed by atoms with Crippen LogP contribution < -0.4 is 9.47 Å². The highest BCUT2D eigenvalue weighted by Crippen LogP contribution is 2.44. The van der Waals surface area contributed by atoms with E-state index in [-0.39, 0.29) is 48.3 Å². The van der Waals surface area contributed by atoms with E-state index in [0.29, 0.717) is 19.6 Å². The van der Waals surface area contributed by atoms with Crippen molar-refractivity contribution in [3.63, 3.8) is 0 Å². The lowest BCUT2D eigenvalue weighted by molar-refractivity contribution is -0.159. The highest BCUT2D eigenvalue weighted by atomic mass is 16.6. The van der Waals surface area contributed by atoms with Crippen LogP contribution in [0.25, 0.3) is 0 Å². The number of carbonyl (C=O) groups is 2. The third-order valence-electron chi connectivity index (χ3n) is 7.01. The monoisotopic (exact) mass is 489 g/mol. The number of phenols is 1. The molecule has 0 unspecified atom stereocenters. The fraction of sp³-hybridized carbons (Fsp3) is 0.630. The summed E-state index contributed by atoms with van der Waals surface area (Å²) in [6, 6.07) is 2.84. The fourth-order valence-electron chi connectivity index (χ4n) is 5.26. The van der Waals surface area contributed by atoms with E-state index in [1.807, 2.05) is 0 Å². The van der Waals surface area contributed by atoms with Crippen LogP contribution in [0.4, 0.5) is 0 Å². The minimum Gasteiger partial charge on any atom is -0.502 e. The normalized spacial score (nSPS) is 19.6. The third-order valence-corrected chi connectivity index (χ3v) is 7.01. The maximum Gasteiger partial charge on any atom is 0.328 e. The van der Waals surface area contributed by atoms with E-state index in [1.54, 1.807) is 23.1 Å². The zero-order valence-corrected chi connectivity index (χ0v) is 21.0. The molecule has 2 atom stereocenters. The first-order valence-electron chi connectivity index (χ1n) is 12.6. The van der Waals surface area contributed by atoms with E-state index < -0.39 is 12.0 Å². The Bertz CT molecular complexity index is 840. The molecule has 1 saturated carbocycles. The van der Waals surface area contributed by atoms with E-state index in [0.717, 1.165) is 50.5 Å². The summed E-state index contributed by atoms with van der Waals surface area (Å²) in [4.78, 5) is 28.8. The molecule has 194 valence electrons. The van der Waals surface area contributed by atoms with Crippen molar-refractivity contribution >= 4 is 11.9 Å². The first-order chi connectivity index (χ1) is 17.0. The summed E-state index contributed by atoms with van der Waals surface area (Å²) in [6.45, 7) is 4.94. The van der Waals surface area contributed by atoms with Gasteiger partial charge in [0.05, 0.1) is 33.4 Å². The standard InChI is InChI=1S/C27H39NO7/c1-4-14-34-15-16-35-27(31)21-12-8-9-13-28(21)26(30)24(19-10-6-5-7-11-19)20-17-22(32-2)25(29)23(18-20)33-3/h4,17-19,21,24,29H,1,5-16H2,2-3H3/t21-,24-/m0/s1. The Morgan fingerprint density at radius 3 is 2.34 bits per heavy atom. The van der Waals surface area contributed by atoms with Crippen LogP contribution in [-0.2, 0) is 19.1 Å². The third kappa shape index (κ3) is 6.69. The number of hydrogen-bond acceptors (Lipinski definition) is 7. The number of piperidine rings is 1. The molecule has 8 nitrogen and oxygen atoms in total. The number of carbonyl (C=O) groups excluding carboxylic acids is 2. The van der Waals surface area contributed by atoms with Gasteiger partial charge in [0.25, 0.3) is 0 Å². The zero-order chi connectivity index (χ0) is 25.2. The Labute approximate surface area is 208 Å². The second-order valence-corrected chi connectivity index (χ2v) is 9.22. The average molecular weight is 490 g/mol. The molecule has 1 aromatic rings. The zero-order valence-electron chi connectivity index (χ0n) is 21.0. The molecule has 3 rings (SSSR count). The van der Waals surface area contributed by atoms with Gasteiger partial charge in [-0.1, -0.05) is 25.3 Å². The number of likely N-dealkylation sites (tertiary alicyclic amines) is 1. The minimum absolute atomic E-state index is 0.0729. The van der Waals surface area contributed by atoms with Crippen molar-refractivity contribution < 1.29 is 33.6 Å². The van der Waals surface area contributed by atoms with E-state index in [4.69, 9.17) is 18.9 Å². The molecule has 0 bridgehead atoms. The van der Waals surface area contributed by atoms with Crippen molar-refractivity contribution in [1.29, 1.82) is 0 Å². The molecule has 1 heterocycles. The summed E-state index contributed by atoms with van der Waals surface area (Å²) in [5.41, 5.74) is 0.740. The average Bonchev–Trinajstić information content (AvgIpc) is 2.89. The van der Waals surface area contributed by atoms with Crippen LogP contribution in [0.2, 0.25) is 0 Å². The Morgan fingerprint density at radius 2 is 1.71 bits per heavy atom. The van der Waals surface area contributed by atoms with Gasteiger partial charge in [-0.25, -0.2) is 4.79 Å². The highest BCUT2D eigenvalue weighted by Gasteiger charge is 2.40. The fourth-order valence-corrected chi connectivity index (χ4v) is 5.26. The van der Waals surface area contributed by atoms with Crippen LogP contribution in [0.3, 0.4) is 0 Å². The van der Waals surface area contributed by atoms with Gasteiger partial charge in [0, 0.05) is 6.54 Å². The van der Waals surface area contributed by atoms with Gasteiger partial charge < -0.3 is 29.0 Å². The number of esters is 1. The summed E-state index contributed by atoms with van der Waals surface area (Å²) in [7, 11) is 2.95. The molecule has 1 amide bonds. The number of amides is 1. The molecule has 1 aliphatic heterocycles. The number of nitrogens with zero attached hydrogens (tertiary/aromatic N) is 1. The molecule has 0 radical (unpaired) electrons. The van der Waals surface area contributed by atoms with Crippen molar-refractivity contribution in [1.82, 2.24) is 4.90 Å². The lowest BCUT2D eigenvalue weighted by Gasteiger charge is -2.39. The first-order valence-corrected chi connectivity index (χ1v) is 12.6. The quantitative estimate of drug-likeness (QED) is 0.283. The lowest BCUT2D eigenvalue weighted by atomic mass is 9.75. The molecule has 0 spiro atoms. The highest BCUT2D eigenvalue weighted by molar-refractivity contribution is 5.89. The van der Waals surface area contributed by atoms with Crippen LogP contribution in [0.5, 0.6) is 17.2 Å². The second kappa shape index (κ2) is 13.4. The van der Waals surface area contributed by atoms with Gasteiger partial charge in [-0.05, 0) is 55.7 Å². The Balaban J connectivity index is 1.87. The number of phenolic OH excluding ortho intramolecular Hbond substituents is 1. The van der Waals surface area contributed by atoms with E-state index in [9.17, 15) is 14.7 Å². The summed E-state index contributed by atoms with van der Waals surface area (Å²) in [5, 5.41) is 10.4. The number of benzene rings is 1. The second-order valence-electron chi connectivity index (χ2n) is 9.22. The largest absolute Gasteiger partial charge is 0.502 e. The van der Waals surface area contributed by atoms with Crippen LogP contribution in [0, 0.1) is 5.92 Å². The van der Waals surface area contributed by atoms with Gasteiger partial charge in [0.1, 0.15) is 12.6 Å². The molecular weight excluding hydrogens is 450 g/mol. The molecule has 8 heteroatoms. The number of aromatic hydroxyl groups is 1. The van der Waals surface area contributed by atoms with Crippen molar-refractivity contribution in [2.45, 2.75) is 63.3 Å². The molecule has 1 N–H and O–H groups in total. The molecular formula is C27H39NO7. The molecule has 1 aliphatic carbocycles. The van der Waals surface area contributed by atoms with Crippen LogP contribution >= 0.6 is 0 Å². The van der Waals surface area contributed by atoms with Gasteiger partial charge >= 0.3 is 5.97 Å². The predicted molar refractivity (Wildman–Crippen MR) is 132 cm³/mol. The summed E-state index contributed by atoms with van der Waals surface area (Å²) in [6.07, 6.45) is 9.10. The molecule has 2 aliphatic rings. The van der Waals surface area contributed by atoms with Gasteiger partial charge in [0.2, 0.25) is 11.7 Å². The Morgan fingerprint density at radius 1 is 1.06 bits per heavy atom. The van der Waals surface area contributed by atoms with E-state index in [1.165, 1.54) is 14.2 Å². The van der Waals surface area contributed by atoms with Crippen LogP contribution in [0.1, 0.15) is 62.8 Å². The van der Waals surface area contributed by atoms with Crippen molar-refractivity contribution in [2.75, 3.05) is 40.6 Å². The van der Waals surface area contributed by atoms with Crippen LogP contribution in [0.15, 0.2) is 24.8 Å². The van der Waals surface area contributed by atoms with Crippen LogP contribution in [-0.4, -0.2) is 68.5 Å². The van der Waals surface area contributed by atoms with Crippen molar-refractivity contribution in [3.05, 3.63) is 30.4 Å². The SMILES string of the molecule is C=CCOCCOC(=O)[C@@H]1CCCCN1C(=O)[C@H](c1cc(OC)c(O)c(OC)c1)C1CCCCC1. The lowest BCUT2D eigenvalue weighted by Crippen LogP contribution is -2.51. The topological polar surface area (TPSA) is 94.5 Å². The summed E-state index contributed by atoms with van der Waals surface area (Å²) < 4.78 is 21.5. The maximum atomic E-state index is 14.2. The predicted octanol–water partition coefficient (Wildman–Crippen LogP) is 4.20. The number of hydrogen-bond donors (Lipinski definition) is 1. The van der Waals surface area contributed by atoms with Crippen molar-refractivity contribution in [3.8, 4) is 17.2 Å². The molecule has 35 heavy (non-hydrogen) atoms. The number of rotatable bonds is 11. The molecule has 0 aromatic heterocycles. The van der Waals surface area contributed by atoms with Gasteiger partial charge in [-0.3, -0.25) is 4.79 Å². The Kier molecular flexibility index (Phi) is 10.3. The molecule has 1 aromatic carbocycles. The van der Waals surface area contributed by atoms with Gasteiger partial charge in [0.15, 0.2) is 11.5 Å². The van der Waals surface area contributed by atoms with Gasteiger partial charge in [-0.15, -0.1) is 6.58 Å². The summed E-state index contributed by atoms with van der Waals surface area (Å²) in [5.74, 6) is -0.334. The number of ether oxygens (including phenoxy) is 4. The molecule has 2 fully saturated rings. The Hall–Kier alpha value is -2.74. The number of methoxy groups -OCH3 is 2. The summed E-state index contributed by atoms with van der Waals surface area (Å²) >= 11 is 0. The van der Waals surface area contributed by atoms with E-state index in [2.05, 4.69) is 6.58 Å². The first kappa shape index (κ1) is 26.9.